The molecule has 0 aliphatic carbocycles. The molecule has 0 radical (unpaired) electrons. The van der Waals surface area contributed by atoms with Crippen LogP contribution in [-0.4, -0.2) is 27.9 Å². The van der Waals surface area contributed by atoms with Gasteiger partial charge in [-0.25, -0.2) is 0 Å². The molecule has 31 heavy (non-hydrogen) atoms. The maximum absolute atomic E-state index is 12.8. The molecule has 4 rings (SSSR count). The van der Waals surface area contributed by atoms with Gasteiger partial charge < -0.3 is 10.1 Å². The van der Waals surface area contributed by atoms with E-state index in [0.29, 0.717) is 27.6 Å². The maximum Gasteiger partial charge on any atom is 0.262 e. The molecule has 1 N–H and O–H groups in total. The van der Waals surface area contributed by atoms with Crippen LogP contribution in [0.1, 0.15) is 15.9 Å². The van der Waals surface area contributed by atoms with Crippen LogP contribution in [0.15, 0.2) is 78.2 Å². The number of carbonyl (C=O) groups is 2. The Morgan fingerprint density at radius 3 is 2.48 bits per heavy atom. The molecule has 154 valence electrons. The Kier molecular flexibility index (Phi) is 6.35. The number of benzene rings is 3. The first-order valence-corrected chi connectivity index (χ1v) is 10.5. The Balaban J connectivity index is 1.42. The van der Waals surface area contributed by atoms with E-state index in [2.05, 4.69) is 14.9 Å². The Labute approximate surface area is 187 Å². The monoisotopic (exact) mass is 449 g/mol. The van der Waals surface area contributed by atoms with Crippen molar-refractivity contribution in [2.45, 2.75) is 0 Å². The first kappa shape index (κ1) is 20.7. The number of hydrogen-bond acceptors (Lipinski definition) is 6. The molecule has 0 aliphatic heterocycles. The van der Waals surface area contributed by atoms with Crippen LogP contribution in [0.4, 0.5) is 5.69 Å². The van der Waals surface area contributed by atoms with Gasteiger partial charge in [0.1, 0.15) is 11.4 Å². The van der Waals surface area contributed by atoms with Crippen molar-refractivity contribution < 1.29 is 14.3 Å². The fourth-order valence-electron chi connectivity index (χ4n) is 2.91. The molecular formula is C23H16ClN3O3S. The lowest BCUT2D eigenvalue weighted by atomic mass is 10.0. The van der Waals surface area contributed by atoms with Crippen LogP contribution in [0.3, 0.4) is 0 Å². The number of aromatic nitrogens is 2. The first-order valence-electron chi connectivity index (χ1n) is 9.29. The molecule has 0 aliphatic rings. The number of hydrogen-bond donors (Lipinski definition) is 1. The highest BCUT2D eigenvalue weighted by atomic mass is 35.5. The number of ether oxygens (including phenoxy) is 1. The van der Waals surface area contributed by atoms with Crippen molar-refractivity contribution in [2.24, 2.45) is 0 Å². The zero-order valence-corrected chi connectivity index (χ0v) is 17.7. The molecule has 0 saturated carbocycles. The molecule has 4 aromatic rings. The number of anilines is 1. The Morgan fingerprint density at radius 2 is 1.77 bits per heavy atom. The normalized spacial score (nSPS) is 10.5. The number of nitrogens with zero attached hydrogens (tertiary/aromatic N) is 2. The van der Waals surface area contributed by atoms with E-state index in [-0.39, 0.29) is 18.3 Å². The molecule has 3 aromatic carbocycles. The summed E-state index contributed by atoms with van der Waals surface area (Å²) in [6.07, 6.45) is 0. The van der Waals surface area contributed by atoms with E-state index in [4.69, 9.17) is 16.3 Å². The third-order valence-electron chi connectivity index (χ3n) is 4.41. The van der Waals surface area contributed by atoms with Crippen LogP contribution in [0.5, 0.6) is 5.75 Å². The van der Waals surface area contributed by atoms with E-state index >= 15 is 0 Å². The Bertz CT molecular complexity index is 1200. The van der Waals surface area contributed by atoms with Crippen molar-refractivity contribution in [2.75, 3.05) is 11.9 Å². The summed E-state index contributed by atoms with van der Waals surface area (Å²) < 4.78 is 9.48. The number of halogens is 1. The van der Waals surface area contributed by atoms with Crippen LogP contribution in [0, 0.1) is 0 Å². The van der Waals surface area contributed by atoms with E-state index in [9.17, 15) is 9.59 Å². The fraction of sp³-hybridized carbons (Fsp3) is 0.0435. The van der Waals surface area contributed by atoms with Gasteiger partial charge in [0.25, 0.3) is 5.91 Å². The topological polar surface area (TPSA) is 81.2 Å². The van der Waals surface area contributed by atoms with E-state index in [0.717, 1.165) is 11.3 Å². The van der Waals surface area contributed by atoms with Gasteiger partial charge in [-0.2, -0.15) is 0 Å². The minimum Gasteiger partial charge on any atom is -0.483 e. The van der Waals surface area contributed by atoms with Crippen LogP contribution in [-0.2, 0) is 4.79 Å². The highest BCUT2D eigenvalue weighted by molar-refractivity contribution is 7.03. The maximum atomic E-state index is 12.8. The smallest absolute Gasteiger partial charge is 0.262 e. The average Bonchev–Trinajstić information content (AvgIpc) is 3.34. The molecule has 0 atom stereocenters. The average molecular weight is 450 g/mol. The molecule has 1 amide bonds. The van der Waals surface area contributed by atoms with Crippen molar-refractivity contribution in [1.29, 1.82) is 0 Å². The number of ketones is 1. The van der Waals surface area contributed by atoms with E-state index in [1.54, 1.807) is 48.5 Å². The van der Waals surface area contributed by atoms with Gasteiger partial charge in [-0.3, -0.25) is 9.59 Å². The Hall–Kier alpha value is -3.55. The van der Waals surface area contributed by atoms with Gasteiger partial charge in [0, 0.05) is 27.2 Å². The van der Waals surface area contributed by atoms with Crippen LogP contribution in [0.2, 0.25) is 5.02 Å². The van der Waals surface area contributed by atoms with Gasteiger partial charge in [0.05, 0.1) is 5.56 Å². The molecule has 0 fully saturated rings. The van der Waals surface area contributed by atoms with Crippen LogP contribution >= 0.6 is 23.1 Å². The fourth-order valence-corrected chi connectivity index (χ4v) is 3.54. The van der Waals surface area contributed by atoms with E-state index < -0.39 is 0 Å². The standard InChI is InChI=1S/C23H16ClN3O3S/c24-17-8-11-21(19(12-17)23(29)16-4-2-1-3-5-16)30-13-22(28)25-18-9-6-15(7-10-18)20-14-31-27-26-20/h1-12,14H,13H2,(H,25,28). The number of amides is 1. The summed E-state index contributed by atoms with van der Waals surface area (Å²) >= 11 is 7.35. The second-order valence-corrected chi connectivity index (χ2v) is 7.59. The lowest BCUT2D eigenvalue weighted by molar-refractivity contribution is -0.118. The SMILES string of the molecule is O=C(COc1ccc(Cl)cc1C(=O)c1ccccc1)Nc1ccc(-c2csnn2)cc1. The van der Waals surface area contributed by atoms with Crippen LogP contribution < -0.4 is 10.1 Å². The molecule has 0 bridgehead atoms. The number of nitrogens with one attached hydrogen (secondary N) is 1. The molecule has 8 heteroatoms. The van der Waals surface area contributed by atoms with Gasteiger partial charge in [-0.15, -0.1) is 5.10 Å². The van der Waals surface area contributed by atoms with Crippen LogP contribution in [0.25, 0.3) is 11.3 Å². The highest BCUT2D eigenvalue weighted by Crippen LogP contribution is 2.26. The van der Waals surface area contributed by atoms with Crippen molar-refractivity contribution in [3.8, 4) is 17.0 Å². The molecule has 6 nitrogen and oxygen atoms in total. The molecule has 0 unspecified atom stereocenters. The summed E-state index contributed by atoms with van der Waals surface area (Å²) in [7, 11) is 0. The Morgan fingerprint density at radius 1 is 1.00 bits per heavy atom. The summed E-state index contributed by atoms with van der Waals surface area (Å²) in [5.41, 5.74) is 3.12. The molecular weight excluding hydrogens is 434 g/mol. The highest BCUT2D eigenvalue weighted by Gasteiger charge is 2.16. The van der Waals surface area contributed by atoms with Gasteiger partial charge in [-0.05, 0) is 41.9 Å². The summed E-state index contributed by atoms with van der Waals surface area (Å²) in [4.78, 5) is 25.2. The van der Waals surface area contributed by atoms with Gasteiger partial charge in [-0.1, -0.05) is 58.6 Å². The third-order valence-corrected chi connectivity index (χ3v) is 5.15. The number of rotatable bonds is 7. The predicted molar refractivity (Wildman–Crippen MR) is 121 cm³/mol. The van der Waals surface area contributed by atoms with E-state index in [1.807, 2.05) is 23.6 Å². The molecule has 0 saturated heterocycles. The first-order chi connectivity index (χ1) is 15.1. The molecule has 1 aromatic heterocycles. The third kappa shape index (κ3) is 5.14. The second-order valence-electron chi connectivity index (χ2n) is 6.54. The largest absolute Gasteiger partial charge is 0.483 e. The van der Waals surface area contributed by atoms with Crippen molar-refractivity contribution in [1.82, 2.24) is 9.59 Å². The quantitative estimate of drug-likeness (QED) is 0.396. The van der Waals surface area contributed by atoms with Crippen molar-refractivity contribution in [3.05, 3.63) is 94.3 Å². The predicted octanol–water partition coefficient (Wildman–Crippen LogP) is 5.11. The second kappa shape index (κ2) is 9.51. The summed E-state index contributed by atoms with van der Waals surface area (Å²) in [5.74, 6) is -0.290. The molecule has 1 heterocycles. The lowest BCUT2D eigenvalue weighted by Crippen LogP contribution is -2.21. The van der Waals surface area contributed by atoms with E-state index in [1.165, 1.54) is 17.6 Å². The zero-order valence-electron chi connectivity index (χ0n) is 16.1. The summed E-state index contributed by atoms with van der Waals surface area (Å²) in [6.45, 7) is -0.255. The van der Waals surface area contributed by atoms with Gasteiger partial charge in [0.2, 0.25) is 0 Å². The van der Waals surface area contributed by atoms with Gasteiger partial charge in [0.15, 0.2) is 12.4 Å². The van der Waals surface area contributed by atoms with Crippen molar-refractivity contribution >= 4 is 40.5 Å². The summed E-state index contributed by atoms with van der Waals surface area (Å²) in [6, 6.07) is 20.8. The molecule has 0 spiro atoms. The minimum absolute atomic E-state index is 0.231. The summed E-state index contributed by atoms with van der Waals surface area (Å²) in [5, 5.41) is 9.04. The zero-order chi connectivity index (χ0) is 21.6. The lowest BCUT2D eigenvalue weighted by Gasteiger charge is -2.12. The minimum atomic E-state index is -0.351. The van der Waals surface area contributed by atoms with Gasteiger partial charge >= 0.3 is 0 Å². The number of carbonyl (C=O) groups excluding carboxylic acids is 2. The van der Waals surface area contributed by atoms with Crippen molar-refractivity contribution in [3.63, 3.8) is 0 Å².